The molecule has 1 aromatic carbocycles. The molecule has 0 saturated heterocycles. The summed E-state index contributed by atoms with van der Waals surface area (Å²) in [6.07, 6.45) is 0.876. The lowest BCUT2D eigenvalue weighted by Gasteiger charge is -2.15. The van der Waals surface area contributed by atoms with Gasteiger partial charge in [-0.1, -0.05) is 12.1 Å². The van der Waals surface area contributed by atoms with Gasteiger partial charge in [0.2, 0.25) is 0 Å². The van der Waals surface area contributed by atoms with E-state index in [2.05, 4.69) is 10.1 Å². The molecule has 21 heavy (non-hydrogen) atoms. The Hall–Kier alpha value is -1.24. The van der Waals surface area contributed by atoms with Crippen LogP contribution in [0.25, 0.3) is 0 Å². The van der Waals surface area contributed by atoms with Crippen molar-refractivity contribution in [2.24, 2.45) is 0 Å². The first-order valence-electron chi connectivity index (χ1n) is 6.98. The molecule has 0 heterocycles. The fourth-order valence-electron chi connectivity index (χ4n) is 1.82. The van der Waals surface area contributed by atoms with Crippen LogP contribution in [0.4, 0.5) is 8.78 Å². The molecule has 1 aromatic rings. The first-order chi connectivity index (χ1) is 10.1. The minimum absolute atomic E-state index is 0.0604. The summed E-state index contributed by atoms with van der Waals surface area (Å²) in [6, 6.07) is 6.79. The largest absolute Gasteiger partial charge is 0.435 e. The number of halogens is 2. The predicted octanol–water partition coefficient (Wildman–Crippen LogP) is 2.99. The van der Waals surface area contributed by atoms with Gasteiger partial charge in [0, 0.05) is 19.8 Å². The van der Waals surface area contributed by atoms with Crippen molar-refractivity contribution < 1.29 is 23.0 Å². The first-order valence-corrected chi connectivity index (χ1v) is 6.98. The summed E-state index contributed by atoms with van der Waals surface area (Å²) >= 11 is 0. The molecule has 0 aliphatic carbocycles. The molecule has 6 heteroatoms. The molecule has 0 fully saturated rings. The number of nitrogens with one attached hydrogen (secondary N) is 1. The monoisotopic (exact) mass is 303 g/mol. The van der Waals surface area contributed by atoms with Crippen LogP contribution in [0.5, 0.6) is 5.75 Å². The Morgan fingerprint density at radius 3 is 2.71 bits per heavy atom. The maximum atomic E-state index is 12.2. The van der Waals surface area contributed by atoms with E-state index < -0.39 is 6.61 Å². The summed E-state index contributed by atoms with van der Waals surface area (Å²) in [5.74, 6) is 0.180. The van der Waals surface area contributed by atoms with Gasteiger partial charge in [0.05, 0.1) is 13.2 Å². The van der Waals surface area contributed by atoms with E-state index >= 15 is 0 Å². The molecule has 4 nitrogen and oxygen atoms in total. The third-order valence-electron chi connectivity index (χ3n) is 2.93. The van der Waals surface area contributed by atoms with Gasteiger partial charge in [0.25, 0.3) is 0 Å². The summed E-state index contributed by atoms with van der Waals surface area (Å²) in [5, 5.41) is 3.32. The Kier molecular flexibility index (Phi) is 8.89. The van der Waals surface area contributed by atoms with Crippen LogP contribution in [0.15, 0.2) is 24.3 Å². The highest BCUT2D eigenvalue weighted by Gasteiger charge is 2.08. The Bertz CT molecular complexity index is 391. The first kappa shape index (κ1) is 17.8. The van der Waals surface area contributed by atoms with E-state index in [-0.39, 0.29) is 11.8 Å². The van der Waals surface area contributed by atoms with Gasteiger partial charge >= 0.3 is 6.61 Å². The number of hydrogen-bond donors (Lipinski definition) is 1. The second-order valence-corrected chi connectivity index (χ2v) is 4.59. The molecular weight excluding hydrogens is 280 g/mol. The van der Waals surface area contributed by atoms with Gasteiger partial charge in [-0.3, -0.25) is 0 Å². The molecule has 0 bridgehead atoms. The molecule has 0 amide bonds. The van der Waals surface area contributed by atoms with E-state index in [0.29, 0.717) is 19.8 Å². The average molecular weight is 303 g/mol. The zero-order valence-corrected chi connectivity index (χ0v) is 12.5. The Balaban J connectivity index is 2.26. The fourth-order valence-corrected chi connectivity index (χ4v) is 1.82. The van der Waals surface area contributed by atoms with E-state index in [1.807, 2.05) is 13.0 Å². The number of rotatable bonds is 11. The highest BCUT2D eigenvalue weighted by atomic mass is 19.3. The fraction of sp³-hybridized carbons (Fsp3) is 0.600. The predicted molar refractivity (Wildman–Crippen MR) is 76.8 cm³/mol. The average Bonchev–Trinajstić information content (AvgIpc) is 2.45. The quantitative estimate of drug-likeness (QED) is 0.638. The molecule has 120 valence electrons. The van der Waals surface area contributed by atoms with Gasteiger partial charge < -0.3 is 19.5 Å². The van der Waals surface area contributed by atoms with Gasteiger partial charge in [-0.15, -0.1) is 0 Å². The second-order valence-electron chi connectivity index (χ2n) is 4.59. The Morgan fingerprint density at radius 1 is 1.19 bits per heavy atom. The molecule has 1 unspecified atom stereocenters. The van der Waals surface area contributed by atoms with Crippen molar-refractivity contribution in [1.29, 1.82) is 0 Å². The standard InChI is InChI=1S/C15H23F2NO3/c1-12(18-7-4-8-20-10-9-19-2)13-5-3-6-14(11-13)21-15(16)17/h3,5-6,11-12,15,18H,4,7-10H2,1-2H3. The second kappa shape index (κ2) is 10.5. The number of alkyl halides is 2. The summed E-state index contributed by atoms with van der Waals surface area (Å²) in [6.45, 7) is 1.83. The summed E-state index contributed by atoms with van der Waals surface area (Å²) in [4.78, 5) is 0. The molecule has 0 aliphatic heterocycles. The highest BCUT2D eigenvalue weighted by Crippen LogP contribution is 2.20. The van der Waals surface area contributed by atoms with Crippen LogP contribution in [0.3, 0.4) is 0 Å². The van der Waals surface area contributed by atoms with Gasteiger partial charge in [0.1, 0.15) is 5.75 Å². The smallest absolute Gasteiger partial charge is 0.387 e. The summed E-state index contributed by atoms with van der Waals surface area (Å²) < 4.78 is 39.0. The molecule has 0 spiro atoms. The van der Waals surface area contributed by atoms with Crippen LogP contribution in [0, 0.1) is 0 Å². The van der Waals surface area contributed by atoms with Gasteiger partial charge in [0.15, 0.2) is 0 Å². The normalized spacial score (nSPS) is 12.6. The minimum Gasteiger partial charge on any atom is -0.435 e. The molecule has 0 aromatic heterocycles. The lowest BCUT2D eigenvalue weighted by Crippen LogP contribution is -2.21. The molecule has 0 saturated carbocycles. The third kappa shape index (κ3) is 7.94. The van der Waals surface area contributed by atoms with Crippen molar-refractivity contribution >= 4 is 0 Å². The van der Waals surface area contributed by atoms with E-state index in [0.717, 1.165) is 18.5 Å². The van der Waals surface area contributed by atoms with E-state index in [9.17, 15) is 8.78 Å². The number of ether oxygens (including phenoxy) is 3. The number of methoxy groups -OCH3 is 1. The summed E-state index contributed by atoms with van der Waals surface area (Å²) in [5.41, 5.74) is 0.911. The molecule has 0 aliphatic rings. The third-order valence-corrected chi connectivity index (χ3v) is 2.93. The number of benzene rings is 1. The van der Waals surface area contributed by atoms with Gasteiger partial charge in [-0.2, -0.15) is 8.78 Å². The van der Waals surface area contributed by atoms with Crippen LogP contribution in [0.1, 0.15) is 24.9 Å². The molecular formula is C15H23F2NO3. The van der Waals surface area contributed by atoms with Crippen molar-refractivity contribution in [2.45, 2.75) is 26.0 Å². The maximum absolute atomic E-state index is 12.2. The molecule has 1 atom stereocenters. The van der Waals surface area contributed by atoms with Crippen molar-refractivity contribution in [3.05, 3.63) is 29.8 Å². The Morgan fingerprint density at radius 2 is 2.00 bits per heavy atom. The minimum atomic E-state index is -2.80. The molecule has 0 radical (unpaired) electrons. The van der Waals surface area contributed by atoms with Crippen molar-refractivity contribution in [3.8, 4) is 5.75 Å². The van der Waals surface area contributed by atoms with Crippen LogP contribution in [0.2, 0.25) is 0 Å². The zero-order valence-electron chi connectivity index (χ0n) is 12.5. The summed E-state index contributed by atoms with van der Waals surface area (Å²) in [7, 11) is 1.64. The van der Waals surface area contributed by atoms with Gasteiger partial charge in [-0.05, 0) is 37.6 Å². The van der Waals surface area contributed by atoms with Crippen LogP contribution in [-0.4, -0.2) is 40.1 Å². The van der Waals surface area contributed by atoms with Crippen molar-refractivity contribution in [2.75, 3.05) is 33.5 Å². The lowest BCUT2D eigenvalue weighted by atomic mass is 10.1. The van der Waals surface area contributed by atoms with Crippen molar-refractivity contribution in [1.82, 2.24) is 5.32 Å². The molecule has 1 N–H and O–H groups in total. The zero-order chi connectivity index (χ0) is 15.5. The maximum Gasteiger partial charge on any atom is 0.387 e. The van der Waals surface area contributed by atoms with Crippen LogP contribution in [-0.2, 0) is 9.47 Å². The van der Waals surface area contributed by atoms with E-state index in [1.165, 1.54) is 6.07 Å². The van der Waals surface area contributed by atoms with E-state index in [1.54, 1.807) is 19.2 Å². The lowest BCUT2D eigenvalue weighted by molar-refractivity contribution is -0.0499. The topological polar surface area (TPSA) is 39.7 Å². The Labute approximate surface area is 124 Å². The highest BCUT2D eigenvalue weighted by molar-refractivity contribution is 5.30. The van der Waals surface area contributed by atoms with Gasteiger partial charge in [-0.25, -0.2) is 0 Å². The van der Waals surface area contributed by atoms with Crippen LogP contribution < -0.4 is 10.1 Å². The molecule has 1 rings (SSSR count). The van der Waals surface area contributed by atoms with Crippen molar-refractivity contribution in [3.63, 3.8) is 0 Å². The number of hydrogen-bond acceptors (Lipinski definition) is 4. The van der Waals surface area contributed by atoms with Crippen LogP contribution >= 0.6 is 0 Å². The van der Waals surface area contributed by atoms with E-state index in [4.69, 9.17) is 9.47 Å². The SMILES string of the molecule is COCCOCCCNC(C)c1cccc(OC(F)F)c1.